The third kappa shape index (κ3) is 4.56. The van der Waals surface area contributed by atoms with Crippen molar-refractivity contribution in [2.75, 3.05) is 32.6 Å². The van der Waals surface area contributed by atoms with Crippen molar-refractivity contribution in [2.24, 2.45) is 5.92 Å². The summed E-state index contributed by atoms with van der Waals surface area (Å²) in [5, 5.41) is 2.82. The third-order valence-electron chi connectivity index (χ3n) is 3.78. The van der Waals surface area contributed by atoms with Crippen LogP contribution in [-0.2, 0) is 26.1 Å². The van der Waals surface area contributed by atoms with E-state index in [-0.39, 0.29) is 24.2 Å². The van der Waals surface area contributed by atoms with Gasteiger partial charge in [0, 0.05) is 26.1 Å². The second-order valence-electron chi connectivity index (χ2n) is 5.28. The summed E-state index contributed by atoms with van der Waals surface area (Å²) >= 11 is 0. The monoisotopic (exact) mass is 330 g/mol. The predicted octanol–water partition coefficient (Wildman–Crippen LogP) is 0.584. The molecule has 124 valence electrons. The number of furan rings is 1. The van der Waals surface area contributed by atoms with Crippen LogP contribution in [0.1, 0.15) is 18.6 Å². The molecule has 1 aliphatic heterocycles. The molecular weight excluding hydrogens is 308 g/mol. The van der Waals surface area contributed by atoms with Gasteiger partial charge in [-0.3, -0.25) is 4.79 Å². The van der Waals surface area contributed by atoms with Crippen LogP contribution in [0.4, 0.5) is 0 Å². The number of hydrogen-bond acceptors (Lipinski definition) is 5. The van der Waals surface area contributed by atoms with Crippen LogP contribution in [0, 0.1) is 5.92 Å². The molecule has 1 aliphatic rings. The fourth-order valence-electron chi connectivity index (χ4n) is 2.45. The minimum Gasteiger partial charge on any atom is -0.467 e. The Bertz CT molecular complexity index is 562. The highest BCUT2D eigenvalue weighted by Gasteiger charge is 2.30. The number of ether oxygens (including phenoxy) is 1. The van der Waals surface area contributed by atoms with Gasteiger partial charge in [0.05, 0.1) is 25.2 Å². The van der Waals surface area contributed by atoms with Gasteiger partial charge in [-0.2, -0.15) is 0 Å². The van der Waals surface area contributed by atoms with Crippen LogP contribution in [0.2, 0.25) is 0 Å². The molecule has 1 amide bonds. The van der Waals surface area contributed by atoms with Crippen molar-refractivity contribution < 1.29 is 22.4 Å². The fourth-order valence-corrected chi connectivity index (χ4v) is 3.85. The van der Waals surface area contributed by atoms with Gasteiger partial charge in [-0.05, 0) is 25.0 Å². The number of carbonyl (C=O) groups is 1. The van der Waals surface area contributed by atoms with Gasteiger partial charge in [0.15, 0.2) is 0 Å². The van der Waals surface area contributed by atoms with E-state index in [1.54, 1.807) is 18.4 Å². The number of nitrogens with one attached hydrogen (secondary N) is 1. The van der Waals surface area contributed by atoms with E-state index in [1.807, 2.05) is 0 Å². The van der Waals surface area contributed by atoms with Crippen molar-refractivity contribution in [3.05, 3.63) is 24.2 Å². The molecule has 1 fully saturated rings. The molecule has 0 unspecified atom stereocenters. The van der Waals surface area contributed by atoms with Gasteiger partial charge in [-0.25, -0.2) is 12.7 Å². The number of sulfonamides is 1. The number of methoxy groups -OCH3 is 1. The summed E-state index contributed by atoms with van der Waals surface area (Å²) in [5.74, 6) is 0.487. The fraction of sp³-hybridized carbons (Fsp3) is 0.643. The lowest BCUT2D eigenvalue weighted by Crippen LogP contribution is -2.44. The Hall–Kier alpha value is -1.38. The molecule has 7 nitrogen and oxygen atoms in total. The number of nitrogens with zero attached hydrogens (tertiary/aromatic N) is 1. The van der Waals surface area contributed by atoms with Gasteiger partial charge < -0.3 is 14.5 Å². The maximum absolute atomic E-state index is 12.1. The molecule has 0 saturated carbocycles. The van der Waals surface area contributed by atoms with Gasteiger partial charge in [0.1, 0.15) is 5.76 Å². The molecule has 8 heteroatoms. The summed E-state index contributed by atoms with van der Waals surface area (Å²) < 4.78 is 35.5. The Morgan fingerprint density at radius 2 is 2.18 bits per heavy atom. The van der Waals surface area contributed by atoms with E-state index in [0.29, 0.717) is 38.2 Å². The summed E-state index contributed by atoms with van der Waals surface area (Å²) in [5.41, 5.74) is 0. The second kappa shape index (κ2) is 7.75. The predicted molar refractivity (Wildman–Crippen MR) is 80.5 cm³/mol. The number of rotatable bonds is 7. The van der Waals surface area contributed by atoms with Gasteiger partial charge in [-0.15, -0.1) is 0 Å². The Morgan fingerprint density at radius 3 is 2.77 bits per heavy atom. The zero-order valence-corrected chi connectivity index (χ0v) is 13.5. The first-order valence-electron chi connectivity index (χ1n) is 7.30. The van der Waals surface area contributed by atoms with Crippen molar-refractivity contribution in [2.45, 2.75) is 19.4 Å². The van der Waals surface area contributed by atoms with Crippen LogP contribution in [0.3, 0.4) is 0 Å². The molecular formula is C14H22N2O5S. The largest absolute Gasteiger partial charge is 0.467 e. The van der Waals surface area contributed by atoms with E-state index in [4.69, 9.17) is 9.15 Å². The Labute approximate surface area is 130 Å². The quantitative estimate of drug-likeness (QED) is 0.790. The minimum atomic E-state index is -3.28. The Balaban J connectivity index is 1.77. The van der Waals surface area contributed by atoms with Crippen molar-refractivity contribution in [3.63, 3.8) is 0 Å². The SMILES string of the molecule is COCCS(=O)(=O)N1CCC(C(=O)NCc2ccco2)CC1. The zero-order chi connectivity index (χ0) is 16.0. The number of piperidine rings is 1. The molecule has 0 bridgehead atoms. The molecule has 1 aromatic rings. The number of carbonyl (C=O) groups excluding carboxylic acids is 1. The third-order valence-corrected chi connectivity index (χ3v) is 5.61. The maximum atomic E-state index is 12.1. The van der Waals surface area contributed by atoms with Crippen molar-refractivity contribution in [1.82, 2.24) is 9.62 Å². The molecule has 1 saturated heterocycles. The van der Waals surface area contributed by atoms with Crippen molar-refractivity contribution >= 4 is 15.9 Å². The van der Waals surface area contributed by atoms with Crippen molar-refractivity contribution in [1.29, 1.82) is 0 Å². The number of hydrogen-bond donors (Lipinski definition) is 1. The highest BCUT2D eigenvalue weighted by Crippen LogP contribution is 2.20. The molecule has 2 rings (SSSR count). The Morgan fingerprint density at radius 1 is 1.45 bits per heavy atom. The average molecular weight is 330 g/mol. The van der Waals surface area contributed by atoms with E-state index in [0.717, 1.165) is 0 Å². The maximum Gasteiger partial charge on any atom is 0.223 e. The van der Waals surface area contributed by atoms with E-state index in [2.05, 4.69) is 5.32 Å². The Kier molecular flexibility index (Phi) is 5.98. The molecule has 0 radical (unpaired) electrons. The number of amides is 1. The van der Waals surface area contributed by atoms with E-state index in [1.165, 1.54) is 11.4 Å². The highest BCUT2D eigenvalue weighted by molar-refractivity contribution is 7.89. The first-order valence-corrected chi connectivity index (χ1v) is 8.90. The van der Waals surface area contributed by atoms with Crippen LogP contribution < -0.4 is 5.32 Å². The molecule has 0 atom stereocenters. The standard InChI is InChI=1S/C14H22N2O5S/c1-20-9-10-22(18,19)16-6-4-12(5-7-16)14(17)15-11-13-3-2-8-21-13/h2-3,8,12H,4-7,9-11H2,1H3,(H,15,17). The van der Waals surface area contributed by atoms with Gasteiger partial charge in [-0.1, -0.05) is 0 Å². The molecule has 0 aromatic carbocycles. The zero-order valence-electron chi connectivity index (χ0n) is 12.7. The van der Waals surface area contributed by atoms with Gasteiger partial charge >= 0.3 is 0 Å². The molecule has 1 N–H and O–H groups in total. The molecule has 0 aliphatic carbocycles. The van der Waals surface area contributed by atoms with Crippen LogP contribution >= 0.6 is 0 Å². The summed E-state index contributed by atoms with van der Waals surface area (Å²) in [6, 6.07) is 3.57. The van der Waals surface area contributed by atoms with Crippen LogP contribution in [0.15, 0.2) is 22.8 Å². The minimum absolute atomic E-state index is 0.0150. The van der Waals surface area contributed by atoms with Crippen LogP contribution in [0.25, 0.3) is 0 Å². The lowest BCUT2D eigenvalue weighted by atomic mass is 9.97. The normalized spacial score (nSPS) is 17.5. The first kappa shape index (κ1) is 17.0. The van der Waals surface area contributed by atoms with Gasteiger partial charge in [0.2, 0.25) is 15.9 Å². The van der Waals surface area contributed by atoms with Crippen LogP contribution in [-0.4, -0.2) is 51.2 Å². The first-order chi connectivity index (χ1) is 10.5. The summed E-state index contributed by atoms with van der Waals surface area (Å²) in [6.07, 6.45) is 2.64. The van der Waals surface area contributed by atoms with E-state index in [9.17, 15) is 13.2 Å². The van der Waals surface area contributed by atoms with E-state index >= 15 is 0 Å². The second-order valence-corrected chi connectivity index (χ2v) is 7.37. The van der Waals surface area contributed by atoms with E-state index < -0.39 is 10.0 Å². The molecule has 0 spiro atoms. The van der Waals surface area contributed by atoms with Crippen LogP contribution in [0.5, 0.6) is 0 Å². The molecule has 22 heavy (non-hydrogen) atoms. The molecule has 1 aromatic heterocycles. The lowest BCUT2D eigenvalue weighted by molar-refractivity contribution is -0.126. The molecule has 2 heterocycles. The van der Waals surface area contributed by atoms with Gasteiger partial charge in [0.25, 0.3) is 0 Å². The topological polar surface area (TPSA) is 88.9 Å². The highest BCUT2D eigenvalue weighted by atomic mass is 32.2. The summed E-state index contributed by atoms with van der Waals surface area (Å²) in [6.45, 7) is 1.31. The summed E-state index contributed by atoms with van der Waals surface area (Å²) in [4.78, 5) is 12.1. The van der Waals surface area contributed by atoms with Crippen molar-refractivity contribution in [3.8, 4) is 0 Å². The lowest BCUT2D eigenvalue weighted by Gasteiger charge is -2.30. The average Bonchev–Trinajstić information content (AvgIpc) is 3.04. The smallest absolute Gasteiger partial charge is 0.223 e. The summed E-state index contributed by atoms with van der Waals surface area (Å²) in [7, 11) is -1.80.